The van der Waals surface area contributed by atoms with Gasteiger partial charge in [0.15, 0.2) is 6.29 Å². The molecule has 1 aliphatic heterocycles. The molecular weight excluding hydrogens is 284 g/mol. The third kappa shape index (κ3) is 4.25. The van der Waals surface area contributed by atoms with Gasteiger partial charge in [0, 0.05) is 19.6 Å². The second kappa shape index (κ2) is 7.87. The van der Waals surface area contributed by atoms with Crippen LogP contribution in [0, 0.1) is 12.8 Å². The van der Waals surface area contributed by atoms with Crippen molar-refractivity contribution in [1.29, 1.82) is 0 Å². The van der Waals surface area contributed by atoms with Gasteiger partial charge in [0.1, 0.15) is 5.75 Å². The Hall–Kier alpha value is -0.970. The van der Waals surface area contributed by atoms with Crippen molar-refractivity contribution in [2.45, 2.75) is 37.9 Å². The number of benzene rings is 1. The topological polar surface area (TPSA) is 27.7 Å². The van der Waals surface area contributed by atoms with Gasteiger partial charge in [0.05, 0.1) is 12.0 Å². The monoisotopic (exact) mass is 308 g/mol. The molecule has 0 aromatic heterocycles. The molecule has 4 heteroatoms. The molecule has 3 nitrogen and oxygen atoms in total. The minimum atomic E-state index is -0.115. The summed E-state index contributed by atoms with van der Waals surface area (Å²) in [5, 5.41) is 2.19. The van der Waals surface area contributed by atoms with Crippen molar-refractivity contribution in [2.24, 2.45) is 5.92 Å². The number of methoxy groups -OCH3 is 2. The van der Waals surface area contributed by atoms with Crippen LogP contribution in [0.15, 0.2) is 34.1 Å². The summed E-state index contributed by atoms with van der Waals surface area (Å²) in [4.78, 5) is 1.13. The van der Waals surface area contributed by atoms with Crippen molar-refractivity contribution in [3.63, 3.8) is 0 Å². The maximum absolute atomic E-state index is 5.68. The molecule has 1 aromatic rings. The molecule has 1 aromatic carbocycles. The van der Waals surface area contributed by atoms with E-state index in [9.17, 15) is 0 Å². The zero-order valence-corrected chi connectivity index (χ0v) is 14.0. The lowest BCUT2D eigenvalue weighted by Gasteiger charge is -2.31. The fourth-order valence-electron chi connectivity index (χ4n) is 2.55. The van der Waals surface area contributed by atoms with Gasteiger partial charge < -0.3 is 14.2 Å². The van der Waals surface area contributed by atoms with Crippen LogP contribution >= 0.6 is 11.8 Å². The zero-order chi connectivity index (χ0) is 15.2. The smallest absolute Gasteiger partial charge is 0.163 e. The minimum Gasteiger partial charge on any atom is -0.496 e. The highest BCUT2D eigenvalue weighted by Crippen LogP contribution is 2.35. The Balaban J connectivity index is 2.09. The van der Waals surface area contributed by atoms with Crippen LogP contribution in [0.3, 0.4) is 0 Å². The minimum absolute atomic E-state index is 0.115. The summed E-state index contributed by atoms with van der Waals surface area (Å²) in [5.74, 6) is 1.26. The molecule has 2 rings (SSSR count). The lowest BCUT2D eigenvalue weighted by atomic mass is 9.94. The Morgan fingerprint density at radius 3 is 2.90 bits per heavy atom. The number of ether oxygens (including phenoxy) is 3. The summed E-state index contributed by atoms with van der Waals surface area (Å²) < 4.78 is 16.6. The largest absolute Gasteiger partial charge is 0.496 e. The number of aryl methyl sites for hydroxylation is 1. The van der Waals surface area contributed by atoms with E-state index in [2.05, 4.69) is 37.5 Å². The van der Waals surface area contributed by atoms with Crippen LogP contribution in [-0.2, 0) is 9.47 Å². The predicted octanol–water partition coefficient (Wildman–Crippen LogP) is 4.40. The van der Waals surface area contributed by atoms with E-state index in [1.54, 1.807) is 26.0 Å². The molecule has 1 aliphatic rings. The molecule has 0 spiro atoms. The Morgan fingerprint density at radius 1 is 1.38 bits per heavy atom. The van der Waals surface area contributed by atoms with E-state index in [-0.39, 0.29) is 6.29 Å². The first kappa shape index (κ1) is 16.4. The first-order chi connectivity index (χ1) is 10.2. The normalized spacial score (nSPS) is 23.1. The van der Waals surface area contributed by atoms with E-state index >= 15 is 0 Å². The molecular formula is C17H24O3S. The molecule has 0 amide bonds. The highest BCUT2D eigenvalue weighted by Gasteiger charge is 2.26. The standard InChI is InChI=1S/C17H24O3S/c1-12-7-8-16(15(10-12)18-3)21-11-13(2)14-6-5-9-20-17(14)19-4/h7-8,10-11,14,17H,5-6,9H2,1-4H3/b13-11+. The Labute approximate surface area is 131 Å². The maximum Gasteiger partial charge on any atom is 0.163 e. The SMILES string of the molecule is COc1cc(C)ccc1S/C=C(\C)C1CCCOC1OC. The molecule has 1 heterocycles. The van der Waals surface area contributed by atoms with E-state index in [4.69, 9.17) is 14.2 Å². The summed E-state index contributed by atoms with van der Waals surface area (Å²) >= 11 is 1.70. The molecule has 0 radical (unpaired) electrons. The lowest BCUT2D eigenvalue weighted by molar-refractivity contribution is -0.168. The maximum atomic E-state index is 5.68. The molecule has 2 atom stereocenters. The fourth-order valence-corrected chi connectivity index (χ4v) is 3.44. The number of hydrogen-bond donors (Lipinski definition) is 0. The summed E-state index contributed by atoms with van der Waals surface area (Å²) in [6.45, 7) is 5.01. The summed E-state index contributed by atoms with van der Waals surface area (Å²) in [5.41, 5.74) is 2.51. The molecule has 0 bridgehead atoms. The number of hydrogen-bond acceptors (Lipinski definition) is 4. The van der Waals surface area contributed by atoms with Crippen LogP contribution in [0.4, 0.5) is 0 Å². The van der Waals surface area contributed by atoms with Gasteiger partial charge in [0.2, 0.25) is 0 Å². The highest BCUT2D eigenvalue weighted by molar-refractivity contribution is 8.02. The third-order valence-electron chi connectivity index (χ3n) is 3.78. The molecule has 1 saturated heterocycles. The molecule has 1 fully saturated rings. The van der Waals surface area contributed by atoms with Gasteiger partial charge in [-0.2, -0.15) is 0 Å². The molecule has 2 unspecified atom stereocenters. The van der Waals surface area contributed by atoms with Gasteiger partial charge in [-0.1, -0.05) is 23.4 Å². The van der Waals surface area contributed by atoms with Crippen LogP contribution < -0.4 is 4.74 Å². The average Bonchev–Trinajstić information content (AvgIpc) is 2.53. The number of thioether (sulfide) groups is 1. The van der Waals surface area contributed by atoms with Crippen LogP contribution in [0.5, 0.6) is 5.75 Å². The summed E-state index contributed by atoms with van der Waals surface area (Å²) in [6.07, 6.45) is 2.09. The molecule has 0 saturated carbocycles. The number of rotatable bonds is 5. The van der Waals surface area contributed by atoms with Gasteiger partial charge in [0.25, 0.3) is 0 Å². The van der Waals surface area contributed by atoms with Gasteiger partial charge in [-0.25, -0.2) is 0 Å². The van der Waals surface area contributed by atoms with Gasteiger partial charge >= 0.3 is 0 Å². The quantitative estimate of drug-likeness (QED) is 0.754. The van der Waals surface area contributed by atoms with Crippen LogP contribution in [-0.4, -0.2) is 27.1 Å². The van der Waals surface area contributed by atoms with Crippen molar-refractivity contribution >= 4 is 11.8 Å². The van der Waals surface area contributed by atoms with Crippen molar-refractivity contribution in [2.75, 3.05) is 20.8 Å². The Morgan fingerprint density at radius 2 is 2.19 bits per heavy atom. The van der Waals surface area contributed by atoms with Gasteiger partial charge in [-0.05, 0) is 49.8 Å². The van der Waals surface area contributed by atoms with Crippen molar-refractivity contribution in [1.82, 2.24) is 0 Å². The van der Waals surface area contributed by atoms with E-state index < -0.39 is 0 Å². The van der Waals surface area contributed by atoms with Crippen molar-refractivity contribution in [3.05, 3.63) is 34.7 Å². The first-order valence-electron chi connectivity index (χ1n) is 7.28. The molecule has 21 heavy (non-hydrogen) atoms. The van der Waals surface area contributed by atoms with Crippen LogP contribution in [0.2, 0.25) is 0 Å². The van der Waals surface area contributed by atoms with Gasteiger partial charge in [-0.15, -0.1) is 0 Å². The summed E-state index contributed by atoms with van der Waals surface area (Å²) in [7, 11) is 3.43. The third-order valence-corrected chi connectivity index (χ3v) is 4.86. The lowest BCUT2D eigenvalue weighted by Crippen LogP contribution is -2.31. The average molecular weight is 308 g/mol. The predicted molar refractivity (Wildman–Crippen MR) is 86.8 cm³/mol. The second-order valence-electron chi connectivity index (χ2n) is 5.36. The zero-order valence-electron chi connectivity index (χ0n) is 13.2. The Kier molecular flexibility index (Phi) is 6.15. The summed E-state index contributed by atoms with van der Waals surface area (Å²) in [6, 6.07) is 6.27. The van der Waals surface area contributed by atoms with Crippen LogP contribution in [0.25, 0.3) is 0 Å². The van der Waals surface area contributed by atoms with E-state index in [0.717, 1.165) is 30.1 Å². The van der Waals surface area contributed by atoms with E-state index in [1.807, 2.05) is 0 Å². The Bertz CT molecular complexity index is 499. The van der Waals surface area contributed by atoms with E-state index in [1.165, 1.54) is 11.1 Å². The molecule has 0 N–H and O–H groups in total. The fraction of sp³-hybridized carbons (Fsp3) is 0.529. The van der Waals surface area contributed by atoms with E-state index in [0.29, 0.717) is 5.92 Å². The first-order valence-corrected chi connectivity index (χ1v) is 8.16. The van der Waals surface area contributed by atoms with Crippen molar-refractivity contribution in [3.8, 4) is 5.75 Å². The van der Waals surface area contributed by atoms with Gasteiger partial charge in [-0.3, -0.25) is 0 Å². The second-order valence-corrected chi connectivity index (χ2v) is 6.27. The molecule has 0 aliphatic carbocycles. The molecule has 116 valence electrons. The highest BCUT2D eigenvalue weighted by atomic mass is 32.2. The van der Waals surface area contributed by atoms with Crippen LogP contribution in [0.1, 0.15) is 25.3 Å². The van der Waals surface area contributed by atoms with Crippen molar-refractivity contribution < 1.29 is 14.2 Å².